The first-order valence-electron chi connectivity index (χ1n) is 8.99. The maximum atomic E-state index is 6.21. The van der Waals surface area contributed by atoms with Gasteiger partial charge in [0.25, 0.3) is 0 Å². The molecule has 0 fully saturated rings. The summed E-state index contributed by atoms with van der Waals surface area (Å²) >= 11 is 0. The number of nitrogens with zero attached hydrogens (tertiary/aromatic N) is 2. The third kappa shape index (κ3) is 2.59. The van der Waals surface area contributed by atoms with Crippen LogP contribution >= 0.6 is 0 Å². The second-order valence-electron chi connectivity index (χ2n) is 6.90. The zero-order valence-electron chi connectivity index (χ0n) is 15.2. The number of hydrogen-bond acceptors (Lipinski definition) is 3. The Morgan fingerprint density at radius 1 is 0.593 bits per heavy atom. The van der Waals surface area contributed by atoms with Crippen LogP contribution in [0.3, 0.4) is 0 Å². The predicted molar refractivity (Wildman–Crippen MR) is 110 cm³/mol. The number of rotatable bonds is 2. The standard InChI is InChI=1S/C24H18N2O/c1-15-11-21-22-13-19(17-3-7-25-8-4-17)20(18-5-9-26-10-6-18)14-24(22)27-23(21)12-16(15)2/h3-14H,1-2H3. The minimum atomic E-state index is 0.902. The van der Waals surface area contributed by atoms with Crippen LogP contribution in [0.25, 0.3) is 44.2 Å². The summed E-state index contributed by atoms with van der Waals surface area (Å²) in [5.74, 6) is 0. The highest BCUT2D eigenvalue weighted by molar-refractivity contribution is 6.09. The minimum Gasteiger partial charge on any atom is -0.456 e. The van der Waals surface area contributed by atoms with Crippen molar-refractivity contribution < 1.29 is 4.42 Å². The Bertz CT molecular complexity index is 1270. The van der Waals surface area contributed by atoms with Gasteiger partial charge in [0, 0.05) is 35.6 Å². The van der Waals surface area contributed by atoms with E-state index in [1.165, 1.54) is 11.1 Å². The van der Waals surface area contributed by atoms with Gasteiger partial charge in [-0.15, -0.1) is 0 Å². The predicted octanol–water partition coefficient (Wildman–Crippen LogP) is 6.33. The molecule has 0 atom stereocenters. The fraction of sp³-hybridized carbons (Fsp3) is 0.0833. The van der Waals surface area contributed by atoms with Gasteiger partial charge in [-0.05, 0) is 95.8 Å². The lowest BCUT2D eigenvalue weighted by Gasteiger charge is -2.10. The van der Waals surface area contributed by atoms with Crippen molar-refractivity contribution in [3.63, 3.8) is 0 Å². The molecule has 3 nitrogen and oxygen atoms in total. The molecule has 0 saturated carbocycles. The van der Waals surface area contributed by atoms with Crippen molar-refractivity contribution in [1.82, 2.24) is 9.97 Å². The summed E-state index contributed by atoms with van der Waals surface area (Å²) in [5.41, 5.74) is 8.89. The van der Waals surface area contributed by atoms with Crippen molar-refractivity contribution in [2.45, 2.75) is 13.8 Å². The average molecular weight is 350 g/mol. The quantitative estimate of drug-likeness (QED) is 0.373. The first-order valence-corrected chi connectivity index (χ1v) is 8.99. The van der Waals surface area contributed by atoms with Gasteiger partial charge in [-0.3, -0.25) is 9.97 Å². The van der Waals surface area contributed by atoms with Crippen LogP contribution in [0.2, 0.25) is 0 Å². The Morgan fingerprint density at radius 2 is 1.07 bits per heavy atom. The number of fused-ring (bicyclic) bond motifs is 3. The van der Waals surface area contributed by atoms with E-state index in [0.717, 1.165) is 44.2 Å². The minimum absolute atomic E-state index is 0.902. The number of aryl methyl sites for hydroxylation is 2. The van der Waals surface area contributed by atoms with Crippen LogP contribution in [-0.2, 0) is 0 Å². The number of pyridine rings is 2. The van der Waals surface area contributed by atoms with E-state index in [2.05, 4.69) is 48.1 Å². The van der Waals surface area contributed by atoms with Gasteiger partial charge in [-0.2, -0.15) is 0 Å². The average Bonchev–Trinajstić information content (AvgIpc) is 3.05. The van der Waals surface area contributed by atoms with Crippen molar-refractivity contribution in [2.24, 2.45) is 0 Å². The van der Waals surface area contributed by atoms with Crippen LogP contribution in [0.5, 0.6) is 0 Å². The molecule has 3 heteroatoms. The molecule has 3 aromatic heterocycles. The fourth-order valence-electron chi connectivity index (χ4n) is 3.62. The molecule has 0 N–H and O–H groups in total. The van der Waals surface area contributed by atoms with Crippen molar-refractivity contribution >= 4 is 21.9 Å². The van der Waals surface area contributed by atoms with E-state index in [0.29, 0.717) is 0 Å². The second-order valence-corrected chi connectivity index (χ2v) is 6.90. The molecule has 0 amide bonds. The van der Waals surface area contributed by atoms with Crippen LogP contribution in [-0.4, -0.2) is 9.97 Å². The molecule has 0 aliphatic carbocycles. The first-order chi connectivity index (χ1) is 13.2. The van der Waals surface area contributed by atoms with Crippen LogP contribution in [0, 0.1) is 13.8 Å². The maximum absolute atomic E-state index is 6.21. The molecule has 5 aromatic rings. The summed E-state index contributed by atoms with van der Waals surface area (Å²) in [4.78, 5) is 8.32. The Labute approximate surface area is 157 Å². The van der Waals surface area contributed by atoms with Crippen molar-refractivity contribution in [1.29, 1.82) is 0 Å². The summed E-state index contributed by atoms with van der Waals surface area (Å²) in [6, 6.07) is 16.9. The molecule has 0 aliphatic heterocycles. The van der Waals surface area contributed by atoms with Gasteiger partial charge in [0.15, 0.2) is 0 Å². The van der Waals surface area contributed by atoms with Crippen LogP contribution in [0.4, 0.5) is 0 Å². The van der Waals surface area contributed by atoms with Gasteiger partial charge in [0.1, 0.15) is 11.2 Å². The van der Waals surface area contributed by atoms with E-state index in [1.807, 2.05) is 49.1 Å². The molecule has 0 spiro atoms. The molecule has 27 heavy (non-hydrogen) atoms. The number of furan rings is 1. The topological polar surface area (TPSA) is 38.9 Å². The largest absolute Gasteiger partial charge is 0.456 e. The summed E-state index contributed by atoms with van der Waals surface area (Å²) in [6.45, 7) is 4.26. The van der Waals surface area contributed by atoms with Crippen molar-refractivity contribution in [3.05, 3.63) is 84.4 Å². The molecule has 130 valence electrons. The molecule has 0 aliphatic rings. The van der Waals surface area contributed by atoms with E-state index in [9.17, 15) is 0 Å². The highest BCUT2D eigenvalue weighted by atomic mass is 16.3. The highest BCUT2D eigenvalue weighted by Crippen LogP contribution is 2.39. The molecule has 5 rings (SSSR count). The summed E-state index contributed by atoms with van der Waals surface area (Å²) < 4.78 is 6.21. The monoisotopic (exact) mass is 350 g/mol. The molecule has 3 heterocycles. The van der Waals surface area contributed by atoms with E-state index in [4.69, 9.17) is 4.42 Å². The lowest BCUT2D eigenvalue weighted by atomic mass is 9.93. The lowest BCUT2D eigenvalue weighted by molar-refractivity contribution is 0.668. The van der Waals surface area contributed by atoms with Crippen LogP contribution in [0.1, 0.15) is 11.1 Å². The molecule has 2 aromatic carbocycles. The Kier molecular flexibility index (Phi) is 3.54. The summed E-state index contributed by atoms with van der Waals surface area (Å²) in [5, 5.41) is 2.29. The van der Waals surface area contributed by atoms with Gasteiger partial charge >= 0.3 is 0 Å². The zero-order valence-corrected chi connectivity index (χ0v) is 15.2. The molecule has 0 radical (unpaired) electrons. The SMILES string of the molecule is Cc1cc2oc3cc(-c4ccncc4)c(-c4ccncc4)cc3c2cc1C. The summed E-state index contributed by atoms with van der Waals surface area (Å²) in [6.07, 6.45) is 7.30. The van der Waals surface area contributed by atoms with Gasteiger partial charge in [0.05, 0.1) is 0 Å². The number of hydrogen-bond donors (Lipinski definition) is 0. The van der Waals surface area contributed by atoms with Crippen molar-refractivity contribution in [3.8, 4) is 22.3 Å². The van der Waals surface area contributed by atoms with Gasteiger partial charge in [-0.25, -0.2) is 0 Å². The first kappa shape index (κ1) is 15.8. The highest BCUT2D eigenvalue weighted by Gasteiger charge is 2.15. The Balaban J connectivity index is 1.88. The fourth-order valence-corrected chi connectivity index (χ4v) is 3.62. The van der Waals surface area contributed by atoms with Gasteiger partial charge in [0.2, 0.25) is 0 Å². The van der Waals surface area contributed by atoms with Gasteiger partial charge < -0.3 is 4.42 Å². The van der Waals surface area contributed by atoms with E-state index >= 15 is 0 Å². The van der Waals surface area contributed by atoms with Crippen LogP contribution in [0.15, 0.2) is 77.7 Å². The smallest absolute Gasteiger partial charge is 0.136 e. The van der Waals surface area contributed by atoms with Gasteiger partial charge in [-0.1, -0.05) is 0 Å². The third-order valence-corrected chi connectivity index (χ3v) is 5.21. The van der Waals surface area contributed by atoms with Crippen molar-refractivity contribution in [2.75, 3.05) is 0 Å². The lowest BCUT2D eigenvalue weighted by Crippen LogP contribution is -1.87. The van der Waals surface area contributed by atoms with Crippen LogP contribution < -0.4 is 0 Å². The molecule has 0 unspecified atom stereocenters. The van der Waals surface area contributed by atoms with E-state index in [-0.39, 0.29) is 0 Å². The molecule has 0 bridgehead atoms. The zero-order chi connectivity index (χ0) is 18.4. The normalized spacial score (nSPS) is 11.3. The Morgan fingerprint density at radius 3 is 1.70 bits per heavy atom. The molecular weight excluding hydrogens is 332 g/mol. The Hall–Kier alpha value is -3.46. The third-order valence-electron chi connectivity index (χ3n) is 5.21. The maximum Gasteiger partial charge on any atom is 0.136 e. The van der Waals surface area contributed by atoms with E-state index in [1.54, 1.807) is 0 Å². The molecular formula is C24H18N2O. The number of benzene rings is 2. The summed E-state index contributed by atoms with van der Waals surface area (Å²) in [7, 11) is 0. The van der Waals surface area contributed by atoms with E-state index < -0.39 is 0 Å². The number of aromatic nitrogens is 2. The molecule has 0 saturated heterocycles. The second kappa shape index (κ2) is 6.06.